The van der Waals surface area contributed by atoms with Gasteiger partial charge < -0.3 is 39.8 Å². The van der Waals surface area contributed by atoms with E-state index in [-0.39, 0.29) is 59.8 Å². The van der Waals surface area contributed by atoms with Crippen molar-refractivity contribution in [3.8, 4) is 5.75 Å². The van der Waals surface area contributed by atoms with Crippen LogP contribution < -0.4 is 36.5 Å². The van der Waals surface area contributed by atoms with Gasteiger partial charge in [0.1, 0.15) is 16.9 Å². The lowest BCUT2D eigenvalue weighted by Gasteiger charge is -2.36. The fourth-order valence-electron chi connectivity index (χ4n) is 8.99. The minimum Gasteiger partial charge on any atom is -0.478 e. The van der Waals surface area contributed by atoms with E-state index in [1.54, 1.807) is 22.9 Å². The topological polar surface area (TPSA) is 189 Å². The Kier molecular flexibility index (Phi) is 13.8. The number of carbonyl (C=O) groups is 4. The summed E-state index contributed by atoms with van der Waals surface area (Å²) in [5.74, 6) is -0.350. The van der Waals surface area contributed by atoms with Crippen molar-refractivity contribution in [1.82, 2.24) is 35.4 Å². The molecule has 16 nitrogen and oxygen atoms in total. The number of amides is 4. The van der Waals surface area contributed by atoms with Crippen LogP contribution in [0.25, 0.3) is 10.9 Å². The highest BCUT2D eigenvalue weighted by molar-refractivity contribution is 6.33. The molecule has 4 N–H and O–H groups in total. The maximum absolute atomic E-state index is 14.6. The number of carbonyl (C=O) groups excluding carboxylic acids is 4. The van der Waals surface area contributed by atoms with Crippen LogP contribution in [0.3, 0.4) is 0 Å². The first-order valence-electron chi connectivity index (χ1n) is 22.3. The van der Waals surface area contributed by atoms with E-state index in [2.05, 4.69) is 31.2 Å². The van der Waals surface area contributed by atoms with Crippen molar-refractivity contribution in [3.05, 3.63) is 80.5 Å². The molecule has 9 rings (SSSR count). The molecule has 0 bridgehead atoms. The van der Waals surface area contributed by atoms with E-state index in [9.17, 15) is 28.4 Å². The highest BCUT2D eigenvalue weighted by Gasteiger charge is 2.40. The quantitative estimate of drug-likeness (QED) is 0.139. The number of anilines is 3. The monoisotopic (exact) mass is 899 g/mol. The summed E-state index contributed by atoms with van der Waals surface area (Å²) in [4.78, 5) is 73.6. The maximum Gasteiger partial charge on any atom is 0.293 e. The summed E-state index contributed by atoms with van der Waals surface area (Å²) < 4.78 is 28.0. The second-order valence-corrected chi connectivity index (χ2v) is 17.7. The number of aromatic nitrogens is 3. The number of benzene rings is 2. The average molecular weight is 900 g/mol. The number of hydrogen-bond acceptors (Lipinski definition) is 12. The Morgan fingerprint density at radius 3 is 2.42 bits per heavy atom. The summed E-state index contributed by atoms with van der Waals surface area (Å²) in [7, 11) is 1.52. The van der Waals surface area contributed by atoms with Crippen LogP contribution >= 0.6 is 11.6 Å². The normalized spacial score (nSPS) is 19.5. The van der Waals surface area contributed by atoms with Crippen LogP contribution in [-0.2, 0) is 25.7 Å². The molecule has 2 aromatic heterocycles. The smallest absolute Gasteiger partial charge is 0.293 e. The van der Waals surface area contributed by atoms with E-state index < -0.39 is 11.9 Å². The highest BCUT2D eigenvalue weighted by Crippen LogP contribution is 2.35. The molecule has 3 saturated heterocycles. The standard InChI is InChI=1S/C28H35ClN6O4.C18H20FN3O3/c1-17(2)35-23-8-7-19(13-18(23)14-24(27(35)37)38-16-25(36)30-3)32-26-22(29)15-31-28(33-26)34-11-9-21(10-12-34)39-20-5-4-6-20;19-14-8-13-11(7-12(14)10-3-5-20-6-4-10)9-22(18(13)25)15-1-2-16(23)21-17(15)24/h7-8,13-15,17,20-21H,4-6,9-12,16H2,1-3H3,(H,30,36)(H,31,32,33);7-8,10,15,20H,1-6,9H2,(H,21,23,24). The fraction of sp³-hybridized carbons (Fsp3) is 0.500. The number of fused-ring (bicyclic) bond motifs is 2. The van der Waals surface area contributed by atoms with Gasteiger partial charge in [-0.25, -0.2) is 9.37 Å². The van der Waals surface area contributed by atoms with Crippen LogP contribution in [0, 0.1) is 5.82 Å². The van der Waals surface area contributed by atoms with Crippen LogP contribution in [0.1, 0.15) is 105 Å². The molecule has 4 fully saturated rings. The van der Waals surface area contributed by atoms with Gasteiger partial charge in [0.05, 0.1) is 23.9 Å². The van der Waals surface area contributed by atoms with E-state index >= 15 is 0 Å². The summed E-state index contributed by atoms with van der Waals surface area (Å²) in [6.45, 7) is 7.31. The van der Waals surface area contributed by atoms with Gasteiger partial charge in [-0.2, -0.15) is 4.98 Å². The number of likely N-dealkylation sites (N-methyl/N-ethyl adjacent to an activating group) is 1. The van der Waals surface area contributed by atoms with E-state index in [0.717, 1.165) is 74.0 Å². The van der Waals surface area contributed by atoms with Gasteiger partial charge in [-0.3, -0.25) is 29.3 Å². The van der Waals surface area contributed by atoms with Crippen molar-refractivity contribution in [3.63, 3.8) is 0 Å². The molecule has 4 aromatic rings. The zero-order valence-electron chi connectivity index (χ0n) is 36.4. The van der Waals surface area contributed by atoms with Gasteiger partial charge in [0.2, 0.25) is 17.8 Å². The summed E-state index contributed by atoms with van der Waals surface area (Å²) in [5, 5.41) is 12.5. The minimum absolute atomic E-state index is 0.107. The molecule has 4 amide bonds. The molecule has 6 heterocycles. The molecule has 0 radical (unpaired) electrons. The van der Waals surface area contributed by atoms with Crippen LogP contribution in [0.4, 0.5) is 21.8 Å². The second-order valence-electron chi connectivity index (χ2n) is 17.3. The van der Waals surface area contributed by atoms with Crippen molar-refractivity contribution >= 4 is 63.6 Å². The lowest BCUT2D eigenvalue weighted by molar-refractivity contribution is -0.137. The molecule has 5 aliphatic rings. The largest absolute Gasteiger partial charge is 0.478 e. The fourth-order valence-corrected chi connectivity index (χ4v) is 9.13. The lowest BCUT2D eigenvalue weighted by atomic mass is 9.88. The zero-order valence-corrected chi connectivity index (χ0v) is 37.1. The third kappa shape index (κ3) is 9.86. The predicted octanol–water partition coefficient (Wildman–Crippen LogP) is 5.49. The Morgan fingerprint density at radius 1 is 0.984 bits per heavy atom. The van der Waals surface area contributed by atoms with E-state index in [1.165, 1.54) is 37.3 Å². The molecule has 2 aromatic carbocycles. The maximum atomic E-state index is 14.6. The molecule has 18 heteroatoms. The van der Waals surface area contributed by atoms with Gasteiger partial charge in [-0.15, -0.1) is 0 Å². The molecule has 64 heavy (non-hydrogen) atoms. The van der Waals surface area contributed by atoms with Crippen molar-refractivity contribution in [1.29, 1.82) is 0 Å². The number of ether oxygens (including phenoxy) is 2. The Hall–Kier alpha value is -5.65. The Labute approximate surface area is 375 Å². The third-order valence-corrected chi connectivity index (χ3v) is 13.0. The predicted molar refractivity (Wildman–Crippen MR) is 240 cm³/mol. The first-order chi connectivity index (χ1) is 30.9. The zero-order chi connectivity index (χ0) is 45.1. The number of piperidine rings is 3. The number of nitrogens with zero attached hydrogens (tertiary/aromatic N) is 5. The van der Waals surface area contributed by atoms with Gasteiger partial charge in [-0.1, -0.05) is 17.7 Å². The number of hydrogen-bond donors (Lipinski definition) is 4. The first kappa shape index (κ1) is 44.9. The van der Waals surface area contributed by atoms with Crippen LogP contribution in [0.15, 0.2) is 47.4 Å². The van der Waals surface area contributed by atoms with E-state index in [0.29, 0.717) is 53.1 Å². The molecule has 1 unspecified atom stereocenters. The van der Waals surface area contributed by atoms with Crippen molar-refractivity contribution in [2.24, 2.45) is 0 Å². The minimum atomic E-state index is -0.664. The molecule has 0 spiro atoms. The Bertz CT molecular complexity index is 2480. The molecule has 1 aliphatic carbocycles. The lowest BCUT2D eigenvalue weighted by Crippen LogP contribution is -2.52. The summed E-state index contributed by atoms with van der Waals surface area (Å²) >= 11 is 6.47. The second kappa shape index (κ2) is 19.6. The third-order valence-electron chi connectivity index (χ3n) is 12.7. The van der Waals surface area contributed by atoms with Gasteiger partial charge >= 0.3 is 0 Å². The SMILES string of the molecule is CNC(=O)COc1cc2cc(Nc3nc(N4CCC(OC5CCC5)CC4)ncc3Cl)ccc2n(C(C)C)c1=O.O=C1CCC(N2Cc3cc(C4CCNCC4)c(F)cc3C2=O)C(=O)N1. The summed E-state index contributed by atoms with van der Waals surface area (Å²) in [5.41, 5.74) is 2.98. The van der Waals surface area contributed by atoms with Gasteiger partial charge in [0.25, 0.3) is 17.4 Å². The van der Waals surface area contributed by atoms with Crippen LogP contribution in [0.5, 0.6) is 5.75 Å². The van der Waals surface area contributed by atoms with Crippen molar-refractivity contribution < 1.29 is 33.0 Å². The number of nitrogens with one attached hydrogen (secondary N) is 4. The molecule has 340 valence electrons. The van der Waals surface area contributed by atoms with Crippen molar-refractivity contribution in [2.45, 2.75) is 108 Å². The van der Waals surface area contributed by atoms with Crippen LogP contribution in [0.2, 0.25) is 5.02 Å². The Balaban J connectivity index is 0.000000192. The first-order valence-corrected chi connectivity index (χ1v) is 22.6. The molecule has 1 atom stereocenters. The number of pyridine rings is 1. The molecule has 1 saturated carbocycles. The van der Waals surface area contributed by atoms with Crippen LogP contribution in [-0.4, -0.2) is 101 Å². The summed E-state index contributed by atoms with van der Waals surface area (Å²) in [6, 6.07) is 9.67. The number of rotatable bonds is 11. The van der Waals surface area contributed by atoms with Gasteiger partial charge in [0, 0.05) is 55.8 Å². The molecular formula is C46H55ClFN9O7. The average Bonchev–Trinajstić information content (AvgIpc) is 3.59. The van der Waals surface area contributed by atoms with E-state index in [4.69, 9.17) is 26.1 Å². The van der Waals surface area contributed by atoms with Gasteiger partial charge in [0.15, 0.2) is 18.2 Å². The molecule has 4 aliphatic heterocycles. The highest BCUT2D eigenvalue weighted by atomic mass is 35.5. The Morgan fingerprint density at radius 2 is 1.73 bits per heavy atom. The van der Waals surface area contributed by atoms with Gasteiger partial charge in [-0.05, 0) is 126 Å². The van der Waals surface area contributed by atoms with Crippen molar-refractivity contribution in [2.75, 3.05) is 50.1 Å². The summed E-state index contributed by atoms with van der Waals surface area (Å²) in [6.07, 6.45) is 10.2. The van der Waals surface area contributed by atoms with E-state index in [1.807, 2.05) is 32.0 Å². The number of imide groups is 1. The number of halogens is 2. The molecular weight excluding hydrogens is 845 g/mol.